The van der Waals surface area contributed by atoms with Crippen LogP contribution in [0.4, 0.5) is 5.69 Å². The zero-order valence-electron chi connectivity index (χ0n) is 15.0. The van der Waals surface area contributed by atoms with Crippen molar-refractivity contribution in [3.05, 3.63) is 94.0 Å². The van der Waals surface area contributed by atoms with Gasteiger partial charge in [0.1, 0.15) is 12.4 Å². The second kappa shape index (κ2) is 10.4. The highest BCUT2D eigenvalue weighted by atomic mass is 35.5. The number of hydrogen-bond donors (Lipinski definition) is 1. The van der Waals surface area contributed by atoms with E-state index < -0.39 is 0 Å². The maximum atomic E-state index is 12.1. The molecule has 0 atom stereocenters. The highest BCUT2D eigenvalue weighted by Crippen LogP contribution is 2.25. The number of hydrogen-bond acceptors (Lipinski definition) is 3. The van der Waals surface area contributed by atoms with E-state index in [1.54, 1.807) is 12.1 Å². The summed E-state index contributed by atoms with van der Waals surface area (Å²) in [4.78, 5) is 12.1. The third-order valence-corrected chi connectivity index (χ3v) is 5.46. The largest absolute Gasteiger partial charge is 0.489 e. The number of ether oxygens (including phenoxy) is 1. The van der Waals surface area contributed by atoms with Crippen molar-refractivity contribution in [3.8, 4) is 5.75 Å². The lowest BCUT2D eigenvalue weighted by Crippen LogP contribution is -2.14. The van der Waals surface area contributed by atoms with Gasteiger partial charge in [0.05, 0.1) is 5.75 Å². The molecular formula is C22H19Cl2NO2S. The van der Waals surface area contributed by atoms with Crippen LogP contribution < -0.4 is 10.1 Å². The number of amides is 1. The molecule has 0 bridgehead atoms. The molecular weight excluding hydrogens is 413 g/mol. The summed E-state index contributed by atoms with van der Waals surface area (Å²) in [6, 6.07) is 22.7. The number of carbonyl (C=O) groups is 1. The average Bonchev–Trinajstić information content (AvgIpc) is 2.70. The van der Waals surface area contributed by atoms with Crippen molar-refractivity contribution in [1.82, 2.24) is 0 Å². The number of benzene rings is 3. The molecule has 1 amide bonds. The number of thioether (sulfide) groups is 1. The lowest BCUT2D eigenvalue weighted by molar-refractivity contribution is -0.113. The van der Waals surface area contributed by atoms with Crippen LogP contribution in [0.2, 0.25) is 10.0 Å². The van der Waals surface area contributed by atoms with Crippen LogP contribution in [0.3, 0.4) is 0 Å². The van der Waals surface area contributed by atoms with Gasteiger partial charge in [0.2, 0.25) is 5.91 Å². The van der Waals surface area contributed by atoms with Crippen LogP contribution in [-0.4, -0.2) is 11.7 Å². The molecule has 0 aliphatic heterocycles. The van der Waals surface area contributed by atoms with E-state index in [1.165, 1.54) is 11.8 Å². The molecule has 0 aliphatic carbocycles. The Bertz CT molecular complexity index is 918. The minimum atomic E-state index is -0.0620. The maximum Gasteiger partial charge on any atom is 0.234 e. The fourth-order valence-corrected chi connectivity index (χ4v) is 3.85. The molecule has 0 aliphatic rings. The second-order valence-electron chi connectivity index (χ2n) is 6.08. The summed E-state index contributed by atoms with van der Waals surface area (Å²) in [7, 11) is 0. The minimum absolute atomic E-state index is 0.0620. The molecule has 0 unspecified atom stereocenters. The second-order valence-corrected chi connectivity index (χ2v) is 7.90. The topological polar surface area (TPSA) is 38.3 Å². The Morgan fingerprint density at radius 1 is 0.964 bits per heavy atom. The first-order valence-corrected chi connectivity index (χ1v) is 10.6. The summed E-state index contributed by atoms with van der Waals surface area (Å²) < 4.78 is 5.75. The third-order valence-electron chi connectivity index (χ3n) is 3.89. The van der Waals surface area contributed by atoms with Gasteiger partial charge in [0.15, 0.2) is 0 Å². The van der Waals surface area contributed by atoms with Gasteiger partial charge < -0.3 is 10.1 Å². The van der Waals surface area contributed by atoms with Gasteiger partial charge in [-0.3, -0.25) is 4.79 Å². The first-order valence-electron chi connectivity index (χ1n) is 8.68. The molecule has 144 valence electrons. The Morgan fingerprint density at radius 2 is 1.71 bits per heavy atom. The van der Waals surface area contributed by atoms with Crippen molar-refractivity contribution in [3.63, 3.8) is 0 Å². The monoisotopic (exact) mass is 431 g/mol. The first kappa shape index (κ1) is 20.6. The predicted octanol–water partition coefficient (Wildman–Crippen LogP) is 6.44. The lowest BCUT2D eigenvalue weighted by Gasteiger charge is -2.09. The van der Waals surface area contributed by atoms with Gasteiger partial charge >= 0.3 is 0 Å². The van der Waals surface area contributed by atoms with Gasteiger partial charge in [-0.15, -0.1) is 11.8 Å². The van der Waals surface area contributed by atoms with Crippen molar-refractivity contribution >= 4 is 46.6 Å². The summed E-state index contributed by atoms with van der Waals surface area (Å²) in [5.74, 6) is 1.68. The zero-order chi connectivity index (χ0) is 19.8. The molecule has 1 N–H and O–H groups in total. The van der Waals surface area contributed by atoms with E-state index >= 15 is 0 Å². The van der Waals surface area contributed by atoms with Crippen molar-refractivity contribution in [2.75, 3.05) is 11.1 Å². The fraction of sp³-hybridized carbons (Fsp3) is 0.136. The molecule has 0 spiro atoms. The quantitative estimate of drug-likeness (QED) is 0.445. The Hall–Kier alpha value is -2.14. The van der Waals surface area contributed by atoms with Crippen LogP contribution >= 0.6 is 35.0 Å². The van der Waals surface area contributed by atoms with Crippen LogP contribution in [-0.2, 0) is 17.2 Å². The number of nitrogens with one attached hydrogen (secondary N) is 1. The third kappa shape index (κ3) is 6.48. The summed E-state index contributed by atoms with van der Waals surface area (Å²) in [5, 5.41) is 4.10. The average molecular weight is 432 g/mol. The van der Waals surface area contributed by atoms with Crippen LogP contribution in [0.25, 0.3) is 0 Å². The molecule has 0 radical (unpaired) electrons. The van der Waals surface area contributed by atoms with Crippen LogP contribution in [0.1, 0.15) is 11.1 Å². The summed E-state index contributed by atoms with van der Waals surface area (Å²) in [6.45, 7) is 0.510. The van der Waals surface area contributed by atoms with Gasteiger partial charge in [0.25, 0.3) is 0 Å². The number of halogens is 2. The summed E-state index contributed by atoms with van der Waals surface area (Å²) in [5.41, 5.74) is 2.81. The van der Waals surface area contributed by atoms with Crippen molar-refractivity contribution in [1.29, 1.82) is 0 Å². The van der Waals surface area contributed by atoms with Crippen molar-refractivity contribution in [2.45, 2.75) is 12.4 Å². The molecule has 6 heteroatoms. The summed E-state index contributed by atoms with van der Waals surface area (Å²) in [6.07, 6.45) is 0. The van der Waals surface area contributed by atoms with Gasteiger partial charge in [-0.25, -0.2) is 0 Å². The smallest absolute Gasteiger partial charge is 0.234 e. The molecule has 0 fully saturated rings. The van der Waals surface area contributed by atoms with Crippen LogP contribution in [0, 0.1) is 0 Å². The van der Waals surface area contributed by atoms with E-state index in [-0.39, 0.29) is 5.91 Å². The molecule has 3 aromatic carbocycles. The Morgan fingerprint density at radius 3 is 2.43 bits per heavy atom. The zero-order valence-corrected chi connectivity index (χ0v) is 17.4. The molecule has 0 heterocycles. The lowest BCUT2D eigenvalue weighted by atomic mass is 10.2. The van der Waals surface area contributed by atoms with Crippen LogP contribution in [0.5, 0.6) is 5.75 Å². The van der Waals surface area contributed by atoms with E-state index in [1.807, 2.05) is 60.7 Å². The molecule has 0 saturated carbocycles. The highest BCUT2D eigenvalue weighted by molar-refractivity contribution is 7.99. The first-order chi connectivity index (χ1) is 13.6. The fourth-order valence-electron chi connectivity index (χ4n) is 2.46. The predicted molar refractivity (Wildman–Crippen MR) is 118 cm³/mol. The van der Waals surface area contributed by atoms with Crippen molar-refractivity contribution < 1.29 is 9.53 Å². The van der Waals surface area contributed by atoms with Gasteiger partial charge in [-0.05, 0) is 47.5 Å². The van der Waals surface area contributed by atoms with Gasteiger partial charge in [-0.2, -0.15) is 0 Å². The standard InChI is InChI=1S/C22H19Cl2NO2S/c23-18-7-6-17(21(24)12-18)14-28-15-22(26)25-19-8-10-20(11-9-19)27-13-16-4-2-1-3-5-16/h1-12H,13-15H2,(H,25,26). The summed E-state index contributed by atoms with van der Waals surface area (Å²) >= 11 is 13.5. The van der Waals surface area contributed by atoms with E-state index in [4.69, 9.17) is 27.9 Å². The normalized spacial score (nSPS) is 10.5. The number of carbonyl (C=O) groups excluding carboxylic acids is 1. The van der Waals surface area contributed by atoms with E-state index in [0.717, 1.165) is 22.6 Å². The van der Waals surface area contributed by atoms with Crippen LogP contribution in [0.15, 0.2) is 72.8 Å². The van der Waals surface area contributed by atoms with Crippen molar-refractivity contribution in [2.24, 2.45) is 0 Å². The van der Waals surface area contributed by atoms with E-state index in [9.17, 15) is 4.79 Å². The Balaban J connectivity index is 1.42. The maximum absolute atomic E-state index is 12.1. The van der Waals surface area contributed by atoms with Gasteiger partial charge in [-0.1, -0.05) is 59.6 Å². The van der Waals surface area contributed by atoms with Gasteiger partial charge in [0, 0.05) is 21.5 Å². The molecule has 3 aromatic rings. The number of rotatable bonds is 8. The minimum Gasteiger partial charge on any atom is -0.489 e. The SMILES string of the molecule is O=C(CSCc1ccc(Cl)cc1Cl)Nc1ccc(OCc2ccccc2)cc1. The Labute approximate surface area is 179 Å². The van der Waals surface area contributed by atoms with E-state index in [0.29, 0.717) is 28.2 Å². The number of anilines is 1. The molecule has 0 aromatic heterocycles. The molecule has 3 rings (SSSR count). The molecule has 28 heavy (non-hydrogen) atoms. The molecule has 3 nitrogen and oxygen atoms in total. The Kier molecular flexibility index (Phi) is 7.66. The highest BCUT2D eigenvalue weighted by Gasteiger charge is 2.06. The molecule has 0 saturated heterocycles. The van der Waals surface area contributed by atoms with E-state index in [2.05, 4.69) is 5.32 Å².